The topological polar surface area (TPSA) is 80.1 Å². The van der Waals surface area contributed by atoms with Gasteiger partial charge in [-0.15, -0.1) is 0 Å². The van der Waals surface area contributed by atoms with E-state index in [0.717, 1.165) is 12.1 Å². The van der Waals surface area contributed by atoms with Gasteiger partial charge in [0.05, 0.1) is 24.0 Å². The normalized spacial score (nSPS) is 16.4. The molecule has 0 bridgehead atoms. The fraction of sp³-hybridized carbons (Fsp3) is 0.238. The average Bonchev–Trinajstić information content (AvgIpc) is 3.38. The van der Waals surface area contributed by atoms with Crippen LogP contribution in [0.3, 0.4) is 0 Å². The van der Waals surface area contributed by atoms with Gasteiger partial charge in [0, 0.05) is 25.2 Å². The van der Waals surface area contributed by atoms with Crippen LogP contribution in [0, 0.1) is 5.92 Å². The van der Waals surface area contributed by atoms with E-state index in [1.807, 2.05) is 42.5 Å². The van der Waals surface area contributed by atoms with Crippen LogP contribution >= 0.6 is 0 Å². The number of nitrogens with zero attached hydrogens (tertiary/aromatic N) is 4. The molecule has 1 N–H and O–H groups in total. The quantitative estimate of drug-likeness (QED) is 0.717. The number of carbonyl (C=O) groups is 2. The van der Waals surface area contributed by atoms with Crippen molar-refractivity contribution in [2.45, 2.75) is 12.8 Å². The number of likely N-dealkylation sites (tertiary alicyclic amines) is 1. The molecule has 7 heteroatoms. The zero-order valence-electron chi connectivity index (χ0n) is 15.4. The molecule has 2 amide bonds. The number of aromatic nitrogens is 3. The summed E-state index contributed by atoms with van der Waals surface area (Å²) in [5, 5.41) is 11.0. The lowest BCUT2D eigenvalue weighted by molar-refractivity contribution is -0.128. The Bertz CT molecular complexity index is 939. The molecule has 0 radical (unpaired) electrons. The first-order chi connectivity index (χ1) is 13.7. The molecule has 28 heavy (non-hydrogen) atoms. The summed E-state index contributed by atoms with van der Waals surface area (Å²) < 4.78 is 0. The minimum Gasteiger partial charge on any atom is -0.342 e. The van der Waals surface area contributed by atoms with E-state index in [2.05, 4.69) is 15.5 Å². The lowest BCUT2D eigenvalue weighted by Gasteiger charge is -2.16. The van der Waals surface area contributed by atoms with Crippen LogP contribution in [0.25, 0.3) is 5.69 Å². The Labute approximate surface area is 163 Å². The van der Waals surface area contributed by atoms with E-state index in [-0.39, 0.29) is 24.2 Å². The van der Waals surface area contributed by atoms with Crippen molar-refractivity contribution in [3.05, 3.63) is 72.6 Å². The summed E-state index contributed by atoms with van der Waals surface area (Å²) in [6.07, 6.45) is 4.27. The maximum Gasteiger partial charge on any atom is 0.229 e. The van der Waals surface area contributed by atoms with Gasteiger partial charge in [0.15, 0.2) is 0 Å². The molecule has 1 atom stereocenters. The molecule has 0 saturated carbocycles. The minimum absolute atomic E-state index is 0.0381. The molecule has 1 aliphatic rings. The highest BCUT2D eigenvalue weighted by atomic mass is 16.2. The van der Waals surface area contributed by atoms with Gasteiger partial charge in [-0.25, -0.2) is 0 Å². The Hall–Kier alpha value is -3.48. The molecule has 2 aromatic carbocycles. The van der Waals surface area contributed by atoms with Crippen molar-refractivity contribution in [1.82, 2.24) is 19.9 Å². The number of anilines is 1. The van der Waals surface area contributed by atoms with E-state index >= 15 is 0 Å². The molecular formula is C21H21N5O2. The van der Waals surface area contributed by atoms with Gasteiger partial charge in [-0.05, 0) is 36.2 Å². The summed E-state index contributed by atoms with van der Waals surface area (Å²) in [4.78, 5) is 28.1. The van der Waals surface area contributed by atoms with Crippen molar-refractivity contribution in [1.29, 1.82) is 0 Å². The van der Waals surface area contributed by atoms with Gasteiger partial charge >= 0.3 is 0 Å². The first-order valence-corrected chi connectivity index (χ1v) is 9.28. The zero-order valence-corrected chi connectivity index (χ0v) is 15.4. The van der Waals surface area contributed by atoms with Gasteiger partial charge in [-0.2, -0.15) is 15.0 Å². The van der Waals surface area contributed by atoms with Crippen molar-refractivity contribution in [3.8, 4) is 5.69 Å². The second kappa shape index (κ2) is 8.04. The Morgan fingerprint density at radius 1 is 1.04 bits per heavy atom. The van der Waals surface area contributed by atoms with Crippen LogP contribution < -0.4 is 5.32 Å². The fourth-order valence-corrected chi connectivity index (χ4v) is 3.34. The third-order valence-electron chi connectivity index (χ3n) is 4.88. The number of rotatable bonds is 6. The molecule has 1 fully saturated rings. The highest BCUT2D eigenvalue weighted by Crippen LogP contribution is 2.21. The number of hydrogen-bond donors (Lipinski definition) is 1. The second-order valence-electron chi connectivity index (χ2n) is 6.83. The minimum atomic E-state index is -0.323. The van der Waals surface area contributed by atoms with Crippen LogP contribution in [-0.2, 0) is 16.0 Å². The monoisotopic (exact) mass is 375 g/mol. The van der Waals surface area contributed by atoms with Crippen molar-refractivity contribution in [2.24, 2.45) is 5.92 Å². The van der Waals surface area contributed by atoms with Gasteiger partial charge in [-0.1, -0.05) is 30.3 Å². The van der Waals surface area contributed by atoms with Gasteiger partial charge in [0.25, 0.3) is 0 Å². The highest BCUT2D eigenvalue weighted by molar-refractivity contribution is 5.97. The fourth-order valence-electron chi connectivity index (χ4n) is 3.34. The molecule has 4 rings (SSSR count). The van der Waals surface area contributed by atoms with E-state index in [0.29, 0.717) is 18.8 Å². The van der Waals surface area contributed by atoms with E-state index in [4.69, 9.17) is 0 Å². The van der Waals surface area contributed by atoms with Crippen LogP contribution in [0.5, 0.6) is 0 Å². The van der Waals surface area contributed by atoms with Gasteiger partial charge < -0.3 is 10.2 Å². The van der Waals surface area contributed by atoms with Crippen molar-refractivity contribution < 1.29 is 9.59 Å². The SMILES string of the molecule is O=C(Nc1ccc(-n2nccn2)cc1)C1CC(=O)N(CCc2ccccc2)C1. The van der Waals surface area contributed by atoms with E-state index in [9.17, 15) is 9.59 Å². The molecule has 2 heterocycles. The van der Waals surface area contributed by atoms with Crippen LogP contribution in [-0.4, -0.2) is 44.8 Å². The lowest BCUT2D eigenvalue weighted by Crippen LogP contribution is -2.30. The van der Waals surface area contributed by atoms with Crippen molar-refractivity contribution >= 4 is 17.5 Å². The van der Waals surface area contributed by atoms with Crippen LogP contribution in [0.4, 0.5) is 5.69 Å². The summed E-state index contributed by atoms with van der Waals surface area (Å²) >= 11 is 0. The van der Waals surface area contributed by atoms with Crippen molar-refractivity contribution in [2.75, 3.05) is 18.4 Å². The summed E-state index contributed by atoms with van der Waals surface area (Å²) in [7, 11) is 0. The van der Waals surface area contributed by atoms with Crippen LogP contribution in [0.2, 0.25) is 0 Å². The predicted molar refractivity (Wildman–Crippen MR) is 105 cm³/mol. The molecule has 142 valence electrons. The number of benzene rings is 2. The molecule has 3 aromatic rings. The summed E-state index contributed by atoms with van der Waals surface area (Å²) in [5.74, 6) is -0.410. The van der Waals surface area contributed by atoms with Gasteiger partial charge in [0.2, 0.25) is 11.8 Å². The summed E-state index contributed by atoms with van der Waals surface area (Å²) in [6.45, 7) is 1.10. The summed E-state index contributed by atoms with van der Waals surface area (Å²) in [6, 6.07) is 17.3. The van der Waals surface area contributed by atoms with Gasteiger partial charge in [0.1, 0.15) is 0 Å². The number of carbonyl (C=O) groups excluding carboxylic acids is 2. The molecule has 1 aromatic heterocycles. The third kappa shape index (κ3) is 4.09. The van der Waals surface area contributed by atoms with Crippen LogP contribution in [0.1, 0.15) is 12.0 Å². The smallest absolute Gasteiger partial charge is 0.229 e. The molecule has 0 spiro atoms. The Balaban J connectivity index is 1.32. The second-order valence-corrected chi connectivity index (χ2v) is 6.83. The molecular weight excluding hydrogens is 354 g/mol. The summed E-state index contributed by atoms with van der Waals surface area (Å²) in [5.41, 5.74) is 2.69. The Kier molecular flexibility index (Phi) is 5.14. The van der Waals surface area contributed by atoms with E-state index in [1.165, 1.54) is 10.4 Å². The molecule has 1 saturated heterocycles. The van der Waals surface area contributed by atoms with E-state index in [1.54, 1.807) is 29.4 Å². The van der Waals surface area contributed by atoms with Crippen LogP contribution in [0.15, 0.2) is 67.0 Å². The number of amides is 2. The lowest BCUT2D eigenvalue weighted by atomic mass is 10.1. The Morgan fingerprint density at radius 3 is 2.46 bits per heavy atom. The van der Waals surface area contributed by atoms with Crippen molar-refractivity contribution in [3.63, 3.8) is 0 Å². The first-order valence-electron chi connectivity index (χ1n) is 9.28. The zero-order chi connectivity index (χ0) is 19.3. The molecule has 7 nitrogen and oxygen atoms in total. The first kappa shape index (κ1) is 17.9. The molecule has 1 aliphatic heterocycles. The number of hydrogen-bond acceptors (Lipinski definition) is 4. The molecule has 1 unspecified atom stereocenters. The predicted octanol–water partition coefficient (Wildman–Crippen LogP) is 2.30. The standard InChI is InChI=1S/C21H21N5O2/c27-20-14-17(15-25(20)13-10-16-4-2-1-3-5-16)21(28)24-18-6-8-19(9-7-18)26-22-11-12-23-26/h1-9,11-12,17H,10,13-15H2,(H,24,28). The molecule has 0 aliphatic carbocycles. The van der Waals surface area contributed by atoms with E-state index < -0.39 is 0 Å². The number of nitrogens with one attached hydrogen (secondary N) is 1. The van der Waals surface area contributed by atoms with Gasteiger partial charge in [-0.3, -0.25) is 9.59 Å². The average molecular weight is 375 g/mol. The maximum absolute atomic E-state index is 12.6. The third-order valence-corrected chi connectivity index (χ3v) is 4.88. The highest BCUT2D eigenvalue weighted by Gasteiger charge is 2.34. The Morgan fingerprint density at radius 2 is 1.75 bits per heavy atom. The maximum atomic E-state index is 12.6. The largest absolute Gasteiger partial charge is 0.342 e.